The van der Waals surface area contributed by atoms with E-state index in [2.05, 4.69) is 53.0 Å². The molecule has 8 heteroatoms. The molecule has 0 amide bonds. The third-order valence-electron chi connectivity index (χ3n) is 7.42. The summed E-state index contributed by atoms with van der Waals surface area (Å²) < 4.78 is 11.0. The monoisotopic (exact) mass is 499 g/mol. The summed E-state index contributed by atoms with van der Waals surface area (Å²) >= 11 is 0. The minimum atomic E-state index is 0.0844. The van der Waals surface area contributed by atoms with Crippen molar-refractivity contribution in [1.82, 2.24) is 19.0 Å². The van der Waals surface area contributed by atoms with Gasteiger partial charge in [-0.1, -0.05) is 26.0 Å². The van der Waals surface area contributed by atoms with Crippen LogP contribution in [0.25, 0.3) is 21.9 Å². The van der Waals surface area contributed by atoms with Crippen LogP contribution in [-0.2, 0) is 13.1 Å². The van der Waals surface area contributed by atoms with Gasteiger partial charge in [0.2, 0.25) is 0 Å². The van der Waals surface area contributed by atoms with E-state index in [9.17, 15) is 0 Å². The summed E-state index contributed by atoms with van der Waals surface area (Å²) in [6, 6.07) is 14.4. The van der Waals surface area contributed by atoms with Crippen molar-refractivity contribution in [3.63, 3.8) is 0 Å². The lowest BCUT2D eigenvalue weighted by Crippen LogP contribution is -2.40. The van der Waals surface area contributed by atoms with Crippen LogP contribution < -0.4 is 10.5 Å². The highest BCUT2D eigenvalue weighted by Crippen LogP contribution is 2.30. The number of hydrogen-bond acceptors (Lipinski definition) is 4. The van der Waals surface area contributed by atoms with Crippen LogP contribution in [0, 0.1) is 10.8 Å². The molecular formula is C29H37N7O. The average molecular weight is 500 g/mol. The van der Waals surface area contributed by atoms with E-state index in [1.165, 1.54) is 5.69 Å². The van der Waals surface area contributed by atoms with Crippen LogP contribution in [0.5, 0.6) is 5.75 Å². The number of nitrogen functional groups attached to an aromatic ring is 1. The lowest BCUT2D eigenvalue weighted by atomic mass is 10.1. The molecule has 2 aromatic heterocycles. The maximum atomic E-state index is 7.87. The molecule has 0 bridgehead atoms. The molecule has 0 atom stereocenters. The van der Waals surface area contributed by atoms with Crippen molar-refractivity contribution in [3.05, 3.63) is 59.5 Å². The molecule has 0 unspecified atom stereocenters. The number of aromatic nitrogens is 3. The molecule has 1 aliphatic rings. The van der Waals surface area contributed by atoms with Crippen molar-refractivity contribution < 1.29 is 4.74 Å². The summed E-state index contributed by atoms with van der Waals surface area (Å²) in [4.78, 5) is 7.11. The first-order valence-corrected chi connectivity index (χ1v) is 13.2. The highest BCUT2D eigenvalue weighted by Gasteiger charge is 2.22. The van der Waals surface area contributed by atoms with Gasteiger partial charge < -0.3 is 24.5 Å². The van der Waals surface area contributed by atoms with E-state index in [0.717, 1.165) is 71.5 Å². The van der Waals surface area contributed by atoms with E-state index in [1.54, 1.807) is 0 Å². The van der Waals surface area contributed by atoms with Crippen LogP contribution in [-0.4, -0.2) is 49.9 Å². The Morgan fingerprint density at radius 3 is 2.46 bits per heavy atom. The molecular weight excluding hydrogens is 462 g/mol. The van der Waals surface area contributed by atoms with Gasteiger partial charge in [0.05, 0.1) is 23.4 Å². The second kappa shape index (κ2) is 9.92. The standard InChI is InChI=1S/C29H37N7O/c1-5-35-22(14-20-6-7-21(28(31)32)15-26(20)35)17-36-27-16-24(8-9-25(27)33-29(36)18(2)3)37-23-10-12-34(13-11-23)19(4)30/h6-9,14-16,18,23,30H,5,10-13,17H2,1-4H3,(H3,31,32). The predicted molar refractivity (Wildman–Crippen MR) is 150 cm³/mol. The lowest BCUT2D eigenvalue weighted by molar-refractivity contribution is 0.130. The van der Waals surface area contributed by atoms with Crippen LogP contribution >= 0.6 is 0 Å². The highest BCUT2D eigenvalue weighted by atomic mass is 16.5. The fraction of sp³-hybridized carbons (Fsp3) is 0.414. The van der Waals surface area contributed by atoms with E-state index >= 15 is 0 Å². The number of hydrogen-bond donors (Lipinski definition) is 3. The van der Waals surface area contributed by atoms with Gasteiger partial charge in [-0.3, -0.25) is 10.8 Å². The van der Waals surface area contributed by atoms with Crippen LogP contribution in [0.3, 0.4) is 0 Å². The number of ether oxygens (including phenoxy) is 1. The van der Waals surface area contributed by atoms with Crippen LogP contribution in [0.4, 0.5) is 0 Å². The molecule has 4 aromatic rings. The number of fused-ring (bicyclic) bond motifs is 2. The van der Waals surface area contributed by atoms with Crippen LogP contribution in [0.2, 0.25) is 0 Å². The Kier molecular flexibility index (Phi) is 6.67. The molecule has 37 heavy (non-hydrogen) atoms. The molecule has 0 saturated carbocycles. The number of imidazole rings is 1. The molecule has 1 fully saturated rings. The van der Waals surface area contributed by atoms with Gasteiger partial charge in [-0.25, -0.2) is 4.98 Å². The van der Waals surface area contributed by atoms with Gasteiger partial charge in [-0.2, -0.15) is 0 Å². The number of piperidine rings is 1. The molecule has 194 valence electrons. The Balaban J connectivity index is 1.49. The molecule has 0 aliphatic carbocycles. The fourth-order valence-corrected chi connectivity index (χ4v) is 5.45. The van der Waals surface area contributed by atoms with Crippen molar-refractivity contribution >= 4 is 33.6 Å². The molecule has 3 heterocycles. The summed E-state index contributed by atoms with van der Waals surface area (Å²) in [5, 5.41) is 16.9. The molecule has 2 aromatic carbocycles. The smallest absolute Gasteiger partial charge is 0.122 e. The quantitative estimate of drug-likeness (QED) is 0.237. The van der Waals surface area contributed by atoms with Crippen molar-refractivity contribution in [2.45, 2.75) is 65.6 Å². The summed E-state index contributed by atoms with van der Waals surface area (Å²) in [5.74, 6) is 2.91. The molecule has 1 aliphatic heterocycles. The van der Waals surface area contributed by atoms with E-state index in [0.29, 0.717) is 12.4 Å². The number of rotatable bonds is 7. The second-order valence-electron chi connectivity index (χ2n) is 10.3. The second-order valence-corrected chi connectivity index (χ2v) is 10.3. The predicted octanol–water partition coefficient (Wildman–Crippen LogP) is 5.31. The molecule has 8 nitrogen and oxygen atoms in total. The van der Waals surface area contributed by atoms with Crippen LogP contribution in [0.15, 0.2) is 42.5 Å². The number of aryl methyl sites for hydroxylation is 1. The van der Waals surface area contributed by atoms with Crippen molar-refractivity contribution in [2.75, 3.05) is 13.1 Å². The molecule has 0 radical (unpaired) electrons. The minimum Gasteiger partial charge on any atom is -0.490 e. The number of amidine groups is 2. The Morgan fingerprint density at radius 1 is 1.05 bits per heavy atom. The van der Waals surface area contributed by atoms with E-state index in [4.69, 9.17) is 26.3 Å². The Labute approximate surface area is 218 Å². The molecule has 5 rings (SSSR count). The Morgan fingerprint density at radius 2 is 1.81 bits per heavy atom. The number of nitrogens with two attached hydrogens (primary N) is 1. The van der Waals surface area contributed by atoms with Gasteiger partial charge in [0, 0.05) is 61.2 Å². The summed E-state index contributed by atoms with van der Waals surface area (Å²) in [6.45, 7) is 11.6. The van der Waals surface area contributed by atoms with Crippen molar-refractivity contribution in [3.8, 4) is 5.75 Å². The topological polar surface area (TPSA) is 109 Å². The van der Waals surface area contributed by atoms with Gasteiger partial charge in [0.15, 0.2) is 0 Å². The number of nitrogens with one attached hydrogen (secondary N) is 2. The highest BCUT2D eigenvalue weighted by molar-refractivity contribution is 5.98. The minimum absolute atomic E-state index is 0.0844. The zero-order chi connectivity index (χ0) is 26.3. The van der Waals surface area contributed by atoms with E-state index in [1.807, 2.05) is 31.2 Å². The van der Waals surface area contributed by atoms with Gasteiger partial charge in [-0.05, 0) is 43.5 Å². The molecule has 1 saturated heterocycles. The normalized spacial score (nSPS) is 14.7. The third kappa shape index (κ3) is 4.80. The summed E-state index contributed by atoms with van der Waals surface area (Å²) in [7, 11) is 0. The average Bonchev–Trinajstić information content (AvgIpc) is 3.41. The van der Waals surface area contributed by atoms with Crippen molar-refractivity contribution in [2.24, 2.45) is 5.73 Å². The number of benzene rings is 2. The zero-order valence-corrected chi connectivity index (χ0v) is 22.2. The fourth-order valence-electron chi connectivity index (χ4n) is 5.45. The Hall–Kier alpha value is -3.81. The van der Waals surface area contributed by atoms with Gasteiger partial charge >= 0.3 is 0 Å². The Bertz CT molecular complexity index is 1470. The first-order valence-electron chi connectivity index (χ1n) is 13.2. The SMILES string of the molecule is CCn1c(Cn2c(C(C)C)nc3ccc(OC4CCN(C(C)=N)CC4)cc32)cc2ccc(C(=N)N)cc21. The first kappa shape index (κ1) is 24.9. The van der Waals surface area contributed by atoms with Gasteiger partial charge in [0.25, 0.3) is 0 Å². The van der Waals surface area contributed by atoms with Gasteiger partial charge in [-0.15, -0.1) is 0 Å². The number of likely N-dealkylation sites (tertiary alicyclic amines) is 1. The summed E-state index contributed by atoms with van der Waals surface area (Å²) in [6.07, 6.45) is 2.00. The maximum absolute atomic E-state index is 7.87. The zero-order valence-electron chi connectivity index (χ0n) is 22.2. The largest absolute Gasteiger partial charge is 0.490 e. The molecule has 0 spiro atoms. The van der Waals surface area contributed by atoms with Crippen molar-refractivity contribution in [1.29, 1.82) is 10.8 Å². The van der Waals surface area contributed by atoms with Gasteiger partial charge in [0.1, 0.15) is 23.5 Å². The maximum Gasteiger partial charge on any atom is 0.122 e. The van der Waals surface area contributed by atoms with E-state index in [-0.39, 0.29) is 17.9 Å². The van der Waals surface area contributed by atoms with E-state index < -0.39 is 0 Å². The molecule has 4 N–H and O–H groups in total. The van der Waals surface area contributed by atoms with Crippen LogP contribution in [0.1, 0.15) is 63.5 Å². The first-order chi connectivity index (χ1) is 17.7. The summed E-state index contributed by atoms with van der Waals surface area (Å²) in [5.41, 5.74) is 10.8. The lowest BCUT2D eigenvalue weighted by Gasteiger charge is -2.32. The third-order valence-corrected chi connectivity index (χ3v) is 7.42. The number of nitrogens with zero attached hydrogens (tertiary/aromatic N) is 4.